The van der Waals surface area contributed by atoms with Crippen LogP contribution in [0.3, 0.4) is 0 Å². The van der Waals surface area contributed by atoms with Gasteiger partial charge in [0.25, 0.3) is 0 Å². The van der Waals surface area contributed by atoms with Crippen LogP contribution in [0.25, 0.3) is 0 Å². The zero-order chi connectivity index (χ0) is 11.4. The average Bonchev–Trinajstić information content (AvgIpc) is 2.73. The number of nitrogens with one attached hydrogen (secondary N) is 1. The molecule has 0 amide bonds. The summed E-state index contributed by atoms with van der Waals surface area (Å²) in [5, 5.41) is 3.49. The maximum atomic E-state index is 5.67. The van der Waals surface area contributed by atoms with Gasteiger partial charge in [0.15, 0.2) is 0 Å². The minimum atomic E-state index is 0.585. The summed E-state index contributed by atoms with van der Waals surface area (Å²) in [5.41, 5.74) is 1.41. The molecule has 0 saturated carbocycles. The summed E-state index contributed by atoms with van der Waals surface area (Å²) in [7, 11) is 0. The topological polar surface area (TPSA) is 21.3 Å². The lowest BCUT2D eigenvalue weighted by Crippen LogP contribution is -2.21. The summed E-state index contributed by atoms with van der Waals surface area (Å²) in [4.78, 5) is 0. The predicted octanol–water partition coefficient (Wildman–Crippen LogP) is 2.94. The molecule has 2 unspecified atom stereocenters. The van der Waals surface area contributed by atoms with Crippen molar-refractivity contribution in [1.29, 1.82) is 0 Å². The lowest BCUT2D eigenvalue weighted by atomic mass is 9.93. The van der Waals surface area contributed by atoms with Crippen LogP contribution in [-0.2, 0) is 0 Å². The fourth-order valence-corrected chi connectivity index (χ4v) is 2.37. The van der Waals surface area contributed by atoms with E-state index in [1.54, 1.807) is 0 Å². The van der Waals surface area contributed by atoms with Crippen LogP contribution < -0.4 is 10.1 Å². The molecule has 2 nitrogen and oxygen atoms in total. The minimum Gasteiger partial charge on any atom is -0.494 e. The van der Waals surface area contributed by atoms with Gasteiger partial charge in [0, 0.05) is 12.0 Å². The van der Waals surface area contributed by atoms with Crippen molar-refractivity contribution in [3.8, 4) is 5.75 Å². The monoisotopic (exact) mass is 219 g/mol. The number of hydrogen-bond donors (Lipinski definition) is 1. The highest BCUT2D eigenvalue weighted by Gasteiger charge is 2.24. The van der Waals surface area contributed by atoms with E-state index >= 15 is 0 Å². The molecule has 88 valence electrons. The Morgan fingerprint density at radius 2 is 2.31 bits per heavy atom. The number of benzene rings is 1. The highest BCUT2D eigenvalue weighted by Crippen LogP contribution is 2.29. The lowest BCUT2D eigenvalue weighted by molar-refractivity contribution is 0.317. The Balaban J connectivity index is 2.09. The standard InChI is InChI=1S/C14H21NO/c1-3-9-16-13-6-4-5-12(10-13)14-7-8-15-11(14)2/h4-6,10-11,14-15H,3,7-9H2,1-2H3. The van der Waals surface area contributed by atoms with Gasteiger partial charge in [0.05, 0.1) is 6.61 Å². The number of ether oxygens (including phenoxy) is 1. The van der Waals surface area contributed by atoms with Crippen molar-refractivity contribution in [1.82, 2.24) is 5.32 Å². The number of rotatable bonds is 4. The number of hydrogen-bond acceptors (Lipinski definition) is 2. The highest BCUT2D eigenvalue weighted by atomic mass is 16.5. The second kappa shape index (κ2) is 5.35. The van der Waals surface area contributed by atoms with Crippen LogP contribution in [-0.4, -0.2) is 19.2 Å². The highest BCUT2D eigenvalue weighted by molar-refractivity contribution is 5.32. The van der Waals surface area contributed by atoms with Gasteiger partial charge >= 0.3 is 0 Å². The van der Waals surface area contributed by atoms with E-state index in [1.165, 1.54) is 12.0 Å². The normalized spacial score (nSPS) is 24.6. The predicted molar refractivity (Wildman–Crippen MR) is 67.1 cm³/mol. The van der Waals surface area contributed by atoms with Gasteiger partial charge in [0.2, 0.25) is 0 Å². The van der Waals surface area contributed by atoms with E-state index in [1.807, 2.05) is 6.07 Å². The first-order chi connectivity index (χ1) is 7.81. The Labute approximate surface area is 98.0 Å². The van der Waals surface area contributed by atoms with Crippen LogP contribution in [0.5, 0.6) is 5.75 Å². The molecule has 0 spiro atoms. The van der Waals surface area contributed by atoms with Gasteiger partial charge in [-0.1, -0.05) is 19.1 Å². The summed E-state index contributed by atoms with van der Waals surface area (Å²) in [5.74, 6) is 1.66. The second-order valence-corrected chi connectivity index (χ2v) is 4.56. The van der Waals surface area contributed by atoms with E-state index in [0.29, 0.717) is 12.0 Å². The molecule has 1 aliphatic heterocycles. The molecule has 2 heteroatoms. The van der Waals surface area contributed by atoms with E-state index in [0.717, 1.165) is 25.3 Å². The first kappa shape index (κ1) is 11.5. The molecule has 1 aliphatic rings. The second-order valence-electron chi connectivity index (χ2n) is 4.56. The van der Waals surface area contributed by atoms with Crippen LogP contribution in [0.1, 0.15) is 38.2 Å². The van der Waals surface area contributed by atoms with Crippen molar-refractivity contribution in [2.24, 2.45) is 0 Å². The SMILES string of the molecule is CCCOc1cccc(C2CCNC2C)c1. The molecular formula is C14H21NO. The fourth-order valence-electron chi connectivity index (χ4n) is 2.37. The van der Waals surface area contributed by atoms with Crippen LogP contribution in [0, 0.1) is 0 Å². The minimum absolute atomic E-state index is 0.585. The van der Waals surface area contributed by atoms with Gasteiger partial charge < -0.3 is 10.1 Å². The van der Waals surface area contributed by atoms with Gasteiger partial charge in [-0.05, 0) is 44.0 Å². The zero-order valence-electron chi connectivity index (χ0n) is 10.2. The summed E-state index contributed by atoms with van der Waals surface area (Å²) in [6.45, 7) is 6.33. The van der Waals surface area contributed by atoms with Crippen molar-refractivity contribution in [3.63, 3.8) is 0 Å². The Kier molecular flexibility index (Phi) is 3.83. The Morgan fingerprint density at radius 3 is 3.00 bits per heavy atom. The first-order valence-electron chi connectivity index (χ1n) is 6.27. The van der Waals surface area contributed by atoms with E-state index < -0.39 is 0 Å². The van der Waals surface area contributed by atoms with Crippen molar-refractivity contribution < 1.29 is 4.74 Å². The van der Waals surface area contributed by atoms with Crippen molar-refractivity contribution >= 4 is 0 Å². The fraction of sp³-hybridized carbons (Fsp3) is 0.571. The lowest BCUT2D eigenvalue weighted by Gasteiger charge is -2.16. The summed E-state index contributed by atoms with van der Waals surface area (Å²) < 4.78 is 5.67. The molecule has 2 atom stereocenters. The largest absolute Gasteiger partial charge is 0.494 e. The third kappa shape index (κ3) is 2.56. The van der Waals surface area contributed by atoms with Crippen molar-refractivity contribution in [2.75, 3.05) is 13.2 Å². The van der Waals surface area contributed by atoms with Crippen LogP contribution in [0.4, 0.5) is 0 Å². The molecule has 0 radical (unpaired) electrons. The quantitative estimate of drug-likeness (QED) is 0.840. The molecular weight excluding hydrogens is 198 g/mol. The van der Waals surface area contributed by atoms with Gasteiger partial charge in [-0.2, -0.15) is 0 Å². The molecule has 16 heavy (non-hydrogen) atoms. The Morgan fingerprint density at radius 1 is 1.44 bits per heavy atom. The molecule has 2 rings (SSSR count). The molecule has 1 aromatic rings. The van der Waals surface area contributed by atoms with Crippen molar-refractivity contribution in [2.45, 2.75) is 38.6 Å². The van der Waals surface area contributed by atoms with E-state index in [2.05, 4.69) is 37.4 Å². The Bertz CT molecular complexity index is 337. The third-order valence-corrected chi connectivity index (χ3v) is 3.28. The van der Waals surface area contributed by atoms with E-state index in [4.69, 9.17) is 4.74 Å². The molecule has 0 bridgehead atoms. The maximum absolute atomic E-state index is 5.67. The van der Waals surface area contributed by atoms with Gasteiger partial charge in [-0.3, -0.25) is 0 Å². The molecule has 0 aromatic heterocycles. The molecule has 1 aromatic carbocycles. The maximum Gasteiger partial charge on any atom is 0.119 e. The van der Waals surface area contributed by atoms with Gasteiger partial charge in [-0.15, -0.1) is 0 Å². The van der Waals surface area contributed by atoms with Crippen molar-refractivity contribution in [3.05, 3.63) is 29.8 Å². The molecule has 1 saturated heterocycles. The molecule has 1 heterocycles. The molecule has 1 N–H and O–H groups in total. The molecule has 1 fully saturated rings. The average molecular weight is 219 g/mol. The first-order valence-corrected chi connectivity index (χ1v) is 6.27. The Hall–Kier alpha value is -1.02. The molecule has 0 aliphatic carbocycles. The van der Waals surface area contributed by atoms with Gasteiger partial charge in [0.1, 0.15) is 5.75 Å². The van der Waals surface area contributed by atoms with Crippen LogP contribution in [0.15, 0.2) is 24.3 Å². The van der Waals surface area contributed by atoms with Crippen LogP contribution >= 0.6 is 0 Å². The van der Waals surface area contributed by atoms with E-state index in [9.17, 15) is 0 Å². The van der Waals surface area contributed by atoms with E-state index in [-0.39, 0.29) is 0 Å². The summed E-state index contributed by atoms with van der Waals surface area (Å²) in [6.07, 6.45) is 2.30. The van der Waals surface area contributed by atoms with Gasteiger partial charge in [-0.25, -0.2) is 0 Å². The third-order valence-electron chi connectivity index (χ3n) is 3.28. The smallest absolute Gasteiger partial charge is 0.119 e. The summed E-state index contributed by atoms with van der Waals surface area (Å²) >= 11 is 0. The summed E-state index contributed by atoms with van der Waals surface area (Å²) in [6, 6.07) is 9.15. The van der Waals surface area contributed by atoms with Crippen LogP contribution in [0.2, 0.25) is 0 Å². The zero-order valence-corrected chi connectivity index (χ0v) is 10.2.